The molecular formula is C14H19F2N5O. The predicted octanol–water partition coefficient (Wildman–Crippen LogP) is 1.57. The number of fused-ring (bicyclic) bond motifs is 1. The molecule has 2 aromatic rings. The van der Waals surface area contributed by atoms with Gasteiger partial charge in [0, 0.05) is 24.5 Å². The van der Waals surface area contributed by atoms with Crippen molar-refractivity contribution in [3.63, 3.8) is 0 Å². The van der Waals surface area contributed by atoms with E-state index >= 15 is 0 Å². The van der Waals surface area contributed by atoms with Gasteiger partial charge in [-0.15, -0.1) is 0 Å². The van der Waals surface area contributed by atoms with Crippen molar-refractivity contribution in [2.24, 2.45) is 0 Å². The molecule has 2 rings (SSSR count). The summed E-state index contributed by atoms with van der Waals surface area (Å²) in [7, 11) is 0. The lowest BCUT2D eigenvalue weighted by atomic mass is 10.3. The molecule has 0 unspecified atom stereocenters. The van der Waals surface area contributed by atoms with Crippen molar-refractivity contribution in [2.45, 2.75) is 26.8 Å². The topological polar surface area (TPSA) is 62.5 Å². The summed E-state index contributed by atoms with van der Waals surface area (Å²) < 4.78 is 25.8. The number of carbonyl (C=O) groups excluding carboxylic acids is 1. The number of nitrogens with zero attached hydrogens (tertiary/aromatic N) is 4. The van der Waals surface area contributed by atoms with Gasteiger partial charge in [0.05, 0.1) is 12.7 Å². The van der Waals surface area contributed by atoms with E-state index in [4.69, 9.17) is 0 Å². The van der Waals surface area contributed by atoms with Crippen LogP contribution in [0, 0.1) is 0 Å². The lowest BCUT2D eigenvalue weighted by Gasteiger charge is -2.17. The van der Waals surface area contributed by atoms with Crippen LogP contribution >= 0.6 is 0 Å². The number of amides is 1. The van der Waals surface area contributed by atoms with Crippen LogP contribution in [0.2, 0.25) is 0 Å². The first kappa shape index (κ1) is 16.3. The smallest absolute Gasteiger partial charge is 0.256 e. The quantitative estimate of drug-likeness (QED) is 0.843. The average molecular weight is 311 g/mol. The average Bonchev–Trinajstić information content (AvgIpc) is 2.93. The Morgan fingerprint density at radius 2 is 2.09 bits per heavy atom. The summed E-state index contributed by atoms with van der Waals surface area (Å²) in [5, 5.41) is 6.22. The minimum Gasteiger partial charge on any atom is -0.346 e. The largest absolute Gasteiger partial charge is 0.346 e. The van der Waals surface area contributed by atoms with Crippen LogP contribution in [0.15, 0.2) is 18.6 Å². The number of aromatic nitrogens is 3. The van der Waals surface area contributed by atoms with Gasteiger partial charge in [-0.1, -0.05) is 13.8 Å². The van der Waals surface area contributed by atoms with Gasteiger partial charge in [-0.05, 0) is 13.1 Å². The van der Waals surface area contributed by atoms with Gasteiger partial charge in [0.15, 0.2) is 5.65 Å². The highest BCUT2D eigenvalue weighted by Crippen LogP contribution is 2.10. The fraction of sp³-hybridized carbons (Fsp3) is 0.500. The zero-order valence-electron chi connectivity index (χ0n) is 12.6. The second kappa shape index (κ2) is 7.26. The highest BCUT2D eigenvalue weighted by atomic mass is 19.3. The van der Waals surface area contributed by atoms with Crippen molar-refractivity contribution < 1.29 is 13.6 Å². The van der Waals surface area contributed by atoms with Crippen molar-refractivity contribution >= 4 is 11.6 Å². The summed E-state index contributed by atoms with van der Waals surface area (Å²) in [6.45, 7) is 6.06. The number of rotatable bonds is 7. The number of hydrogen-bond donors (Lipinski definition) is 1. The van der Waals surface area contributed by atoms with Crippen molar-refractivity contribution in [1.82, 2.24) is 24.8 Å². The first-order valence-corrected chi connectivity index (χ1v) is 7.16. The summed E-state index contributed by atoms with van der Waals surface area (Å²) in [6, 6.07) is 0. The molecule has 0 aliphatic rings. The van der Waals surface area contributed by atoms with E-state index in [1.54, 1.807) is 12.4 Å². The van der Waals surface area contributed by atoms with Crippen molar-refractivity contribution in [1.29, 1.82) is 0 Å². The molecule has 1 amide bonds. The molecular weight excluding hydrogens is 292 g/mol. The van der Waals surface area contributed by atoms with Crippen molar-refractivity contribution in [2.75, 3.05) is 19.6 Å². The first-order valence-electron chi connectivity index (χ1n) is 7.16. The summed E-state index contributed by atoms with van der Waals surface area (Å²) >= 11 is 0. The van der Waals surface area contributed by atoms with Crippen LogP contribution in [-0.2, 0) is 6.54 Å². The Balaban J connectivity index is 2.17. The van der Waals surface area contributed by atoms with Crippen LogP contribution in [0.25, 0.3) is 5.65 Å². The Bertz CT molecular complexity index is 639. The van der Waals surface area contributed by atoms with Gasteiger partial charge in [-0.3, -0.25) is 9.69 Å². The minimum absolute atomic E-state index is 0.190. The molecule has 8 heteroatoms. The molecule has 0 saturated carbocycles. The van der Waals surface area contributed by atoms with E-state index in [1.165, 1.54) is 10.7 Å². The van der Waals surface area contributed by atoms with Gasteiger partial charge in [0.1, 0.15) is 5.56 Å². The number of nitrogens with one attached hydrogen (secondary N) is 1. The molecule has 0 saturated heterocycles. The number of carbonyl (C=O) groups is 1. The molecule has 0 aliphatic carbocycles. The van der Waals surface area contributed by atoms with Crippen LogP contribution in [0.5, 0.6) is 0 Å². The fourth-order valence-electron chi connectivity index (χ4n) is 2.13. The van der Waals surface area contributed by atoms with E-state index in [2.05, 4.69) is 34.1 Å². The molecule has 0 radical (unpaired) electrons. The van der Waals surface area contributed by atoms with Crippen molar-refractivity contribution in [3.8, 4) is 0 Å². The maximum atomic E-state index is 12.1. The van der Waals surface area contributed by atoms with E-state index in [0.29, 0.717) is 5.65 Å². The molecule has 1 N–H and O–H groups in total. The van der Waals surface area contributed by atoms with Gasteiger partial charge in [0.2, 0.25) is 0 Å². The normalized spacial score (nSPS) is 11.5. The van der Waals surface area contributed by atoms with Crippen LogP contribution in [-0.4, -0.2) is 51.5 Å². The van der Waals surface area contributed by atoms with Crippen molar-refractivity contribution in [3.05, 3.63) is 29.7 Å². The SMILES string of the molecule is CCN(CC)Cc1cnc2c(C(=O)NCC(F)F)cnn2c1. The predicted molar refractivity (Wildman–Crippen MR) is 77.9 cm³/mol. The lowest BCUT2D eigenvalue weighted by Crippen LogP contribution is -2.28. The molecule has 22 heavy (non-hydrogen) atoms. The maximum absolute atomic E-state index is 12.1. The molecule has 0 bridgehead atoms. The maximum Gasteiger partial charge on any atom is 0.256 e. The highest BCUT2D eigenvalue weighted by molar-refractivity contribution is 5.99. The van der Waals surface area contributed by atoms with Gasteiger partial charge in [0.25, 0.3) is 12.3 Å². The Morgan fingerprint density at radius 1 is 1.36 bits per heavy atom. The molecule has 6 nitrogen and oxygen atoms in total. The monoisotopic (exact) mass is 311 g/mol. The van der Waals surface area contributed by atoms with E-state index in [9.17, 15) is 13.6 Å². The zero-order chi connectivity index (χ0) is 16.1. The molecule has 0 fully saturated rings. The lowest BCUT2D eigenvalue weighted by molar-refractivity contribution is 0.0893. The third-order valence-electron chi connectivity index (χ3n) is 3.37. The summed E-state index contributed by atoms with van der Waals surface area (Å²) in [6.07, 6.45) is 2.23. The molecule has 2 heterocycles. The second-order valence-electron chi connectivity index (χ2n) is 4.85. The van der Waals surface area contributed by atoms with E-state index < -0.39 is 18.9 Å². The van der Waals surface area contributed by atoms with Crippen LogP contribution in [0.4, 0.5) is 8.78 Å². The molecule has 0 spiro atoms. The van der Waals surface area contributed by atoms with Crippen LogP contribution < -0.4 is 5.32 Å². The third-order valence-corrected chi connectivity index (χ3v) is 3.37. The minimum atomic E-state index is -2.58. The molecule has 120 valence electrons. The van der Waals surface area contributed by atoms with E-state index in [1.807, 2.05) is 0 Å². The van der Waals surface area contributed by atoms with Crippen LogP contribution in [0.3, 0.4) is 0 Å². The Labute approximate surface area is 127 Å². The van der Waals surface area contributed by atoms with Gasteiger partial charge in [-0.2, -0.15) is 5.10 Å². The molecule has 0 atom stereocenters. The second-order valence-corrected chi connectivity index (χ2v) is 4.85. The van der Waals surface area contributed by atoms with Gasteiger partial charge >= 0.3 is 0 Å². The van der Waals surface area contributed by atoms with Crippen LogP contribution in [0.1, 0.15) is 29.8 Å². The number of halogens is 2. The highest BCUT2D eigenvalue weighted by Gasteiger charge is 2.15. The standard InChI is InChI=1S/C14H19F2N5O/c1-3-20(4-2)8-10-5-17-13-11(6-19-21(13)9-10)14(22)18-7-12(15)16/h5-6,9,12H,3-4,7-8H2,1-2H3,(H,18,22). The fourth-order valence-corrected chi connectivity index (χ4v) is 2.13. The van der Waals surface area contributed by atoms with Gasteiger partial charge < -0.3 is 5.32 Å². The van der Waals surface area contributed by atoms with E-state index in [0.717, 1.165) is 25.2 Å². The molecule has 2 aromatic heterocycles. The summed E-state index contributed by atoms with van der Waals surface area (Å²) in [4.78, 5) is 18.3. The Kier molecular flexibility index (Phi) is 5.37. The Morgan fingerprint density at radius 3 is 2.73 bits per heavy atom. The number of alkyl halides is 2. The third kappa shape index (κ3) is 3.76. The zero-order valence-corrected chi connectivity index (χ0v) is 12.6. The first-order chi connectivity index (χ1) is 10.5. The van der Waals surface area contributed by atoms with E-state index in [-0.39, 0.29) is 5.56 Å². The number of hydrogen-bond acceptors (Lipinski definition) is 4. The van der Waals surface area contributed by atoms with Gasteiger partial charge in [-0.25, -0.2) is 18.3 Å². The summed E-state index contributed by atoms with van der Waals surface area (Å²) in [5.41, 5.74) is 1.52. The Hall–Kier alpha value is -2.09. The summed E-state index contributed by atoms with van der Waals surface area (Å²) in [5.74, 6) is -0.598. The molecule has 0 aliphatic heterocycles. The molecule has 0 aromatic carbocycles.